The van der Waals surface area contributed by atoms with Gasteiger partial charge in [0.15, 0.2) is 0 Å². The first-order valence-corrected chi connectivity index (χ1v) is 15.2. The van der Waals surface area contributed by atoms with Crippen LogP contribution >= 0.6 is 0 Å². The summed E-state index contributed by atoms with van der Waals surface area (Å²) in [5.41, 5.74) is 3.58. The number of likely N-dealkylation sites (tertiary alicyclic amines) is 2. The number of nitrogens with one attached hydrogen (secondary N) is 2. The van der Waals surface area contributed by atoms with Crippen molar-refractivity contribution < 1.29 is 23.6 Å². The van der Waals surface area contributed by atoms with Crippen LogP contribution in [0.5, 0.6) is 0 Å². The second-order valence-electron chi connectivity index (χ2n) is 11.8. The summed E-state index contributed by atoms with van der Waals surface area (Å²) in [5.74, 6) is -0.998. The SMILES string of the molecule is Cc1cc2coccc-2c1NC(N[C@H]1CCCCN(CC(=O)N2CCCC2)C1=O)=C(C#N)C(=O)c1ccc(C(=O)N(C)C)cc1. The summed E-state index contributed by atoms with van der Waals surface area (Å²) in [5, 5.41) is 16.9. The molecule has 5 rings (SSSR count). The lowest BCUT2D eigenvalue weighted by molar-refractivity contribution is -0.140. The molecular formula is C34H38N6O5. The Hall–Kier alpha value is -5.11. The van der Waals surface area contributed by atoms with Crippen LogP contribution < -0.4 is 10.6 Å². The van der Waals surface area contributed by atoms with Gasteiger partial charge in [0.1, 0.15) is 23.5 Å². The molecule has 4 aliphatic rings. The van der Waals surface area contributed by atoms with Gasteiger partial charge in [-0.15, -0.1) is 0 Å². The molecule has 2 N–H and O–H groups in total. The number of fused-ring (bicyclic) bond motifs is 1. The van der Waals surface area contributed by atoms with Crippen molar-refractivity contribution in [2.24, 2.45) is 0 Å². The minimum Gasteiger partial charge on any atom is -0.472 e. The molecule has 45 heavy (non-hydrogen) atoms. The predicted molar refractivity (Wildman–Crippen MR) is 168 cm³/mol. The third-order valence-electron chi connectivity index (χ3n) is 8.38. The lowest BCUT2D eigenvalue weighted by Gasteiger charge is -2.28. The number of benzene rings is 1. The van der Waals surface area contributed by atoms with Crippen LogP contribution in [0.4, 0.5) is 5.69 Å². The van der Waals surface area contributed by atoms with Crippen molar-refractivity contribution in [3.63, 3.8) is 0 Å². The van der Waals surface area contributed by atoms with E-state index in [1.54, 1.807) is 54.6 Å². The molecule has 1 aromatic rings. The number of amides is 3. The summed E-state index contributed by atoms with van der Waals surface area (Å²) in [4.78, 5) is 57.8. The summed E-state index contributed by atoms with van der Waals surface area (Å²) in [6.45, 7) is 3.77. The van der Waals surface area contributed by atoms with Gasteiger partial charge in [0.25, 0.3) is 5.91 Å². The van der Waals surface area contributed by atoms with Crippen molar-refractivity contribution in [3.8, 4) is 17.2 Å². The summed E-state index contributed by atoms with van der Waals surface area (Å²) in [7, 11) is 3.28. The first-order valence-electron chi connectivity index (χ1n) is 15.2. The zero-order valence-electron chi connectivity index (χ0n) is 25.9. The molecule has 0 bridgehead atoms. The highest BCUT2D eigenvalue weighted by Crippen LogP contribution is 2.37. The van der Waals surface area contributed by atoms with Crippen LogP contribution in [0.25, 0.3) is 11.1 Å². The summed E-state index contributed by atoms with van der Waals surface area (Å²) >= 11 is 0. The molecule has 11 nitrogen and oxygen atoms in total. The van der Waals surface area contributed by atoms with E-state index >= 15 is 0 Å². The molecule has 0 unspecified atom stereocenters. The number of rotatable bonds is 9. The molecule has 3 aliphatic heterocycles. The second kappa shape index (κ2) is 13.7. The Morgan fingerprint density at radius 2 is 1.71 bits per heavy atom. The van der Waals surface area contributed by atoms with Crippen LogP contribution in [0.2, 0.25) is 0 Å². The van der Waals surface area contributed by atoms with E-state index in [9.17, 15) is 24.4 Å². The van der Waals surface area contributed by atoms with E-state index < -0.39 is 11.8 Å². The van der Waals surface area contributed by atoms with Gasteiger partial charge in [0.2, 0.25) is 17.6 Å². The van der Waals surface area contributed by atoms with Crippen molar-refractivity contribution in [3.05, 3.63) is 77.0 Å². The maximum Gasteiger partial charge on any atom is 0.253 e. The second-order valence-corrected chi connectivity index (χ2v) is 11.8. The van der Waals surface area contributed by atoms with Crippen LogP contribution in [0, 0.1) is 18.3 Å². The molecule has 3 heterocycles. The van der Waals surface area contributed by atoms with E-state index in [2.05, 4.69) is 16.7 Å². The molecule has 0 saturated carbocycles. The van der Waals surface area contributed by atoms with Gasteiger partial charge in [-0.2, -0.15) is 5.26 Å². The zero-order chi connectivity index (χ0) is 32.1. The maximum atomic E-state index is 13.8. The molecule has 3 amide bonds. The summed E-state index contributed by atoms with van der Waals surface area (Å²) in [6, 6.07) is 11.1. The van der Waals surface area contributed by atoms with Crippen LogP contribution in [0.3, 0.4) is 0 Å². The monoisotopic (exact) mass is 610 g/mol. The van der Waals surface area contributed by atoms with Gasteiger partial charge in [-0.1, -0.05) is 12.1 Å². The van der Waals surface area contributed by atoms with Crippen molar-refractivity contribution in [1.82, 2.24) is 20.0 Å². The molecule has 1 aliphatic carbocycles. The average molecular weight is 611 g/mol. The largest absolute Gasteiger partial charge is 0.472 e. The van der Waals surface area contributed by atoms with Gasteiger partial charge in [0, 0.05) is 56.0 Å². The lowest BCUT2D eigenvalue weighted by Crippen LogP contribution is -2.49. The number of aryl methyl sites for hydroxylation is 1. The first-order chi connectivity index (χ1) is 21.7. The summed E-state index contributed by atoms with van der Waals surface area (Å²) in [6.07, 6.45) is 7.01. The molecule has 0 aromatic heterocycles. The topological polar surface area (TPSA) is 139 Å². The standard InChI is InChI=1S/C34H38N6O5/c1-22-18-25-21-45-17-13-26(25)30(22)37-32(27(19-35)31(42)23-9-11-24(12-10-23)33(43)38(2)3)36-28-8-4-5-16-40(34(28)44)20-29(41)39-14-6-7-15-39/h9-13,17-18,21,28,36-37H,4-8,14-16,20H2,1-3H3/t28-/m0/s1. The van der Waals surface area contributed by atoms with E-state index in [1.807, 2.05) is 13.0 Å². The minimum absolute atomic E-state index is 0.00163. The van der Waals surface area contributed by atoms with Gasteiger partial charge in [-0.25, -0.2) is 0 Å². The number of carbonyl (C=O) groups excluding carboxylic acids is 4. The number of allylic oxidation sites excluding steroid dienone is 1. The lowest BCUT2D eigenvalue weighted by atomic mass is 10.0. The number of Topliss-reactive ketones (excluding diaryl/α,β-unsaturated/α-hetero) is 1. The first kappa shape index (κ1) is 31.3. The Morgan fingerprint density at radius 3 is 2.40 bits per heavy atom. The molecule has 0 spiro atoms. The van der Waals surface area contributed by atoms with Crippen molar-refractivity contribution in [2.75, 3.05) is 45.6 Å². The molecule has 1 atom stereocenters. The van der Waals surface area contributed by atoms with Crippen molar-refractivity contribution in [1.29, 1.82) is 5.26 Å². The fourth-order valence-electron chi connectivity index (χ4n) is 5.89. The number of carbonyl (C=O) groups is 4. The highest BCUT2D eigenvalue weighted by atomic mass is 16.3. The van der Waals surface area contributed by atoms with Crippen molar-refractivity contribution in [2.45, 2.75) is 45.1 Å². The quantitative estimate of drug-likeness (QED) is 0.211. The maximum absolute atomic E-state index is 13.8. The number of anilines is 1. The number of nitriles is 1. The average Bonchev–Trinajstić information content (AvgIpc) is 3.65. The fourth-order valence-corrected chi connectivity index (χ4v) is 5.89. The highest BCUT2D eigenvalue weighted by Gasteiger charge is 2.32. The number of hydrogen-bond acceptors (Lipinski definition) is 8. The third-order valence-corrected chi connectivity index (χ3v) is 8.38. The normalized spacial score (nSPS) is 17.4. The Kier molecular flexibility index (Phi) is 9.52. The van der Waals surface area contributed by atoms with Gasteiger partial charge in [-0.3, -0.25) is 19.2 Å². The Balaban J connectivity index is 1.49. The van der Waals surface area contributed by atoms with Gasteiger partial charge < -0.3 is 29.8 Å². The third kappa shape index (κ3) is 6.85. The van der Waals surface area contributed by atoms with Gasteiger partial charge in [-0.05, 0) is 68.9 Å². The minimum atomic E-state index is -0.769. The summed E-state index contributed by atoms with van der Waals surface area (Å²) < 4.78 is 5.33. The Bertz CT molecular complexity index is 1630. The fraction of sp³-hybridized carbons (Fsp3) is 0.382. The van der Waals surface area contributed by atoms with Crippen LogP contribution in [0.15, 0.2) is 64.7 Å². The van der Waals surface area contributed by atoms with E-state index in [1.165, 1.54) is 17.0 Å². The van der Waals surface area contributed by atoms with Crippen molar-refractivity contribution >= 4 is 29.2 Å². The molecule has 11 heteroatoms. The van der Waals surface area contributed by atoms with Gasteiger partial charge in [0.05, 0.1) is 24.8 Å². The van der Waals surface area contributed by atoms with E-state index in [0.29, 0.717) is 37.3 Å². The van der Waals surface area contributed by atoms with E-state index in [-0.39, 0.29) is 41.2 Å². The number of ketones is 1. The Labute approximate surface area is 262 Å². The van der Waals surface area contributed by atoms with Gasteiger partial charge >= 0.3 is 0 Å². The molecule has 0 radical (unpaired) electrons. The molecule has 2 fully saturated rings. The van der Waals surface area contributed by atoms with E-state index in [4.69, 9.17) is 4.42 Å². The van der Waals surface area contributed by atoms with Crippen LogP contribution in [-0.2, 0) is 9.59 Å². The molecule has 1 aromatic carbocycles. The van der Waals surface area contributed by atoms with Crippen LogP contribution in [-0.4, -0.2) is 84.5 Å². The zero-order valence-corrected chi connectivity index (χ0v) is 25.9. The highest BCUT2D eigenvalue weighted by molar-refractivity contribution is 6.12. The smallest absolute Gasteiger partial charge is 0.253 e. The number of nitrogens with zero attached hydrogens (tertiary/aromatic N) is 4. The predicted octanol–water partition coefficient (Wildman–Crippen LogP) is 4.02. The number of hydrogen-bond donors (Lipinski definition) is 2. The van der Waals surface area contributed by atoms with Crippen LogP contribution in [0.1, 0.15) is 58.4 Å². The van der Waals surface area contributed by atoms with E-state index in [0.717, 1.165) is 42.4 Å². The molecule has 2 saturated heterocycles. The Morgan fingerprint density at radius 1 is 1.02 bits per heavy atom. The molecule has 234 valence electrons. The molecular weight excluding hydrogens is 572 g/mol.